The van der Waals surface area contributed by atoms with Crippen molar-refractivity contribution in [1.29, 1.82) is 0 Å². The molecule has 0 spiro atoms. The first-order chi connectivity index (χ1) is 60.0. The highest BCUT2D eigenvalue weighted by atomic mass is 16.2. The molecule has 7 aromatic rings. The third-order valence-electron chi connectivity index (χ3n) is 31.6. The van der Waals surface area contributed by atoms with Gasteiger partial charge in [-0.1, -0.05) is 107 Å². The molecule has 11 heterocycles. The molecule has 24 nitrogen and oxygen atoms in total. The summed E-state index contributed by atoms with van der Waals surface area (Å²) in [7, 11) is 0. The SMILES string of the molecule is CCC(=O)[C@@H]1C[C@]23CCC(=O)C(C)(C)CCCCCc4cc(-c5cnc(C)nc5)cc5c(C(C)=O)nn(c45)CC(=O)N1[C@@H]2C3.CCC(=O)[C@@H]1C[C@]23CCC(=O)C(C)(C)CCCCCc4cc(C5CC5)cc5c(C(C)=O)nn(c45)CC(=O)N1[C@@H]2C3.CCC(=O)[C@@H]1C[C@]23CCC(=O)C(C)(C)CCCCCc4cc(N5CCCC5)cc5c(C(C)=O)nn(c45)CC(=O)N1[C@@H]2C3. The molecule has 18 rings (SSSR count). The monoisotopic (exact) mass is 1720 g/mol. The number of carbonyl (C=O) groups excluding carboxylic acids is 12. The number of hydrogen-bond donors (Lipinski definition) is 0. The number of anilines is 1. The first kappa shape index (κ1) is 89.8. The molecular formula is C102H132N12O12. The molecule has 0 unspecified atom stereocenters. The van der Waals surface area contributed by atoms with Gasteiger partial charge >= 0.3 is 0 Å². The largest absolute Gasteiger partial charge is 0.372 e. The molecule has 0 N–H and O–H groups in total. The Balaban J connectivity index is 0.000000139. The van der Waals surface area contributed by atoms with Crippen LogP contribution in [0.3, 0.4) is 0 Å². The van der Waals surface area contributed by atoms with Crippen LogP contribution < -0.4 is 4.90 Å². The average Bonchev–Trinajstić information content (AvgIpc) is 1.54. The van der Waals surface area contributed by atoms with E-state index >= 15 is 0 Å². The lowest BCUT2D eigenvalue weighted by atomic mass is 9.79. The van der Waals surface area contributed by atoms with Gasteiger partial charge in [-0.15, -0.1) is 0 Å². The smallest absolute Gasteiger partial charge is 0.245 e. The van der Waals surface area contributed by atoms with E-state index in [-0.39, 0.29) is 123 Å². The summed E-state index contributed by atoms with van der Waals surface area (Å²) in [6, 6.07) is 11.4. The number of piperidine rings is 3. The normalized spacial score (nSPS) is 27.5. The van der Waals surface area contributed by atoms with Crippen LogP contribution in [0.25, 0.3) is 43.8 Å². The van der Waals surface area contributed by atoms with Crippen LogP contribution in [0.5, 0.6) is 0 Å². The molecule has 126 heavy (non-hydrogen) atoms. The molecule has 0 radical (unpaired) electrons. The van der Waals surface area contributed by atoms with Crippen LogP contribution in [0.2, 0.25) is 0 Å². The number of rotatable bonds is 12. The molecule has 24 heteroatoms. The van der Waals surface area contributed by atoms with Crippen LogP contribution in [0.4, 0.5) is 5.69 Å². The fourth-order valence-electron chi connectivity index (χ4n) is 23.4. The summed E-state index contributed by atoms with van der Waals surface area (Å²) in [5, 5.41) is 16.6. The van der Waals surface area contributed by atoms with Crippen LogP contribution in [-0.2, 0) is 82.0 Å². The number of ketones is 9. The predicted octanol–water partition coefficient (Wildman–Crippen LogP) is 17.5. The summed E-state index contributed by atoms with van der Waals surface area (Å²) in [6.07, 6.45) is 31.2. The minimum atomic E-state index is -0.477. The van der Waals surface area contributed by atoms with Crippen molar-refractivity contribution in [2.45, 2.75) is 370 Å². The number of nitrogens with zero attached hydrogens (tertiary/aromatic N) is 12. The topological polar surface area (TPSA) is 297 Å². The maximum absolute atomic E-state index is 14.1. The minimum Gasteiger partial charge on any atom is -0.372 e. The highest BCUT2D eigenvalue weighted by molar-refractivity contribution is 6.09. The lowest BCUT2D eigenvalue weighted by Gasteiger charge is -2.27. The van der Waals surface area contributed by atoms with Crippen LogP contribution in [-0.4, -0.2) is 173 Å². The molecule has 4 saturated heterocycles. The summed E-state index contributed by atoms with van der Waals surface area (Å²) >= 11 is 0. The van der Waals surface area contributed by atoms with E-state index in [2.05, 4.69) is 86.7 Å². The van der Waals surface area contributed by atoms with Crippen molar-refractivity contribution >= 4 is 108 Å². The van der Waals surface area contributed by atoms with Crippen molar-refractivity contribution in [2.24, 2.45) is 32.5 Å². The second-order valence-corrected chi connectivity index (χ2v) is 41.7. The Labute approximate surface area is 741 Å². The molecule has 4 saturated carbocycles. The molecule has 3 amide bonds. The van der Waals surface area contributed by atoms with Crippen LogP contribution >= 0.6 is 0 Å². The van der Waals surface area contributed by atoms with Gasteiger partial charge in [-0.3, -0.25) is 71.6 Å². The molecule has 9 atom stereocenters. The molecule has 4 aliphatic carbocycles. The Hall–Kier alpha value is -9.61. The van der Waals surface area contributed by atoms with Crippen molar-refractivity contribution in [1.82, 2.24) is 54.0 Å². The maximum atomic E-state index is 14.1. The third-order valence-corrected chi connectivity index (χ3v) is 31.6. The van der Waals surface area contributed by atoms with Crippen molar-refractivity contribution in [3.05, 3.63) is 94.0 Å². The van der Waals surface area contributed by atoms with Crippen LogP contribution in [0.1, 0.15) is 348 Å². The van der Waals surface area contributed by atoms with E-state index in [4.69, 9.17) is 15.3 Å². The van der Waals surface area contributed by atoms with Gasteiger partial charge in [-0.25, -0.2) is 9.97 Å². The van der Waals surface area contributed by atoms with E-state index < -0.39 is 23.5 Å². The second kappa shape index (κ2) is 35.1. The zero-order valence-electron chi connectivity index (χ0n) is 77.0. The van der Waals surface area contributed by atoms with Gasteiger partial charge in [0.05, 0.1) is 34.7 Å². The van der Waals surface area contributed by atoms with Crippen molar-refractivity contribution in [2.75, 3.05) is 18.0 Å². The number of Topliss-reactive ketones (excluding diaryl/α,β-unsaturated/α-hetero) is 9. The quantitative estimate of drug-likeness (QED) is 0.103. The first-order valence-corrected chi connectivity index (χ1v) is 47.8. The molecule has 11 aliphatic rings. The number of carbonyl (C=O) groups is 12. The summed E-state index contributed by atoms with van der Waals surface area (Å²) in [4.78, 5) is 177. The third kappa shape index (κ3) is 17.6. The Morgan fingerprint density at radius 1 is 0.389 bits per heavy atom. The van der Waals surface area contributed by atoms with E-state index in [0.717, 1.165) is 215 Å². The van der Waals surface area contributed by atoms with Gasteiger partial charge in [0.1, 0.15) is 59.9 Å². The molecule has 6 bridgehead atoms. The summed E-state index contributed by atoms with van der Waals surface area (Å²) < 4.78 is 5.19. The van der Waals surface area contributed by atoms with E-state index in [0.29, 0.717) is 110 Å². The fraction of sp³-hybridized carbons (Fsp3) is 0.637. The van der Waals surface area contributed by atoms with E-state index in [1.54, 1.807) is 45.2 Å². The predicted molar refractivity (Wildman–Crippen MR) is 483 cm³/mol. The highest BCUT2D eigenvalue weighted by Crippen LogP contribution is 2.65. The van der Waals surface area contributed by atoms with Gasteiger partial charge in [0.2, 0.25) is 17.7 Å². The van der Waals surface area contributed by atoms with Gasteiger partial charge in [0, 0.05) is 147 Å². The molecule has 4 aromatic heterocycles. The van der Waals surface area contributed by atoms with Gasteiger partial charge in [0.15, 0.2) is 34.7 Å². The number of aromatic nitrogens is 8. The number of hydrogen-bond acceptors (Lipinski definition) is 18. The van der Waals surface area contributed by atoms with Gasteiger partial charge < -0.3 is 19.6 Å². The fourth-order valence-corrected chi connectivity index (χ4v) is 23.4. The minimum absolute atomic E-state index is 0.00198. The molecule has 672 valence electrons. The zero-order valence-corrected chi connectivity index (χ0v) is 77.0. The number of aryl methyl sites for hydroxylation is 4. The summed E-state index contributed by atoms with van der Waals surface area (Å²) in [6.45, 7) is 26.4. The van der Waals surface area contributed by atoms with Crippen LogP contribution in [0.15, 0.2) is 48.8 Å². The molecule has 7 aliphatic heterocycles. The number of benzene rings is 3. The summed E-state index contributed by atoms with van der Waals surface area (Å²) in [5.41, 5.74) is 9.55. The first-order valence-electron chi connectivity index (χ1n) is 47.8. The van der Waals surface area contributed by atoms with E-state index in [9.17, 15) is 57.5 Å². The van der Waals surface area contributed by atoms with E-state index in [1.807, 2.05) is 43.6 Å². The van der Waals surface area contributed by atoms with Gasteiger partial charge in [-0.2, -0.15) is 15.3 Å². The van der Waals surface area contributed by atoms with Crippen LogP contribution in [0, 0.1) is 39.4 Å². The number of amides is 3. The van der Waals surface area contributed by atoms with Crippen molar-refractivity contribution in [3.8, 4) is 11.1 Å². The van der Waals surface area contributed by atoms with Gasteiger partial charge in [0.25, 0.3) is 0 Å². The maximum Gasteiger partial charge on any atom is 0.245 e. The average molecular weight is 1720 g/mol. The highest BCUT2D eigenvalue weighted by Gasteiger charge is 2.69. The molecular weight excluding hydrogens is 1590 g/mol. The molecule has 3 aromatic carbocycles. The Morgan fingerprint density at radius 2 is 0.738 bits per heavy atom. The van der Waals surface area contributed by atoms with E-state index in [1.165, 1.54) is 25.3 Å². The zero-order chi connectivity index (χ0) is 89.6. The Bertz CT molecular complexity index is 5560. The van der Waals surface area contributed by atoms with Gasteiger partial charge in [-0.05, 0) is 228 Å². The lowest BCUT2D eigenvalue weighted by molar-refractivity contribution is -0.139. The lowest BCUT2D eigenvalue weighted by Crippen LogP contribution is -2.44. The van der Waals surface area contributed by atoms with Crippen molar-refractivity contribution in [3.63, 3.8) is 0 Å². The Kier molecular flexibility index (Phi) is 25.0. The standard InChI is InChI=1S/C35H43N5O4.C34H46N4O4.C33H43N3O4/c1-6-28(42)27-16-35-13-11-30(43)34(4,5)12-9-7-8-10-23-14-24(25-18-36-22(3)37-19-25)15-26-32(21(2)41)38-39(33(23)26)20-31(44)40(27)29(35)17-35;1-5-27(40)26-19-34-14-12-29(41)33(3,4)13-8-6-7-11-23-17-24(36-15-9-10-16-36)18-25-31(22(2)39)35-37(32(23)25)21-30(42)38(26)28(34)20-34;1-5-26(38)25-17-33-14-12-28(39)32(3,4)13-8-6-7-9-22-15-23(21-10-11-21)16-24-30(20(2)37)34-35(31(22)24)19-29(40)36(25)27(33)18-33/h14-15,18-19,27,29H,6-13,16-17,20H2,1-5H3;17-18,26,28H,5-16,19-21H2,1-4H3;15-16,21,25,27H,5-14,17-19H2,1-4H3/t27-,29+,35-;26-,28+,34-;25-,27+,33-/m000/s1. The second-order valence-electron chi connectivity index (χ2n) is 41.7. The van der Waals surface area contributed by atoms with Crippen molar-refractivity contribution < 1.29 is 57.5 Å². The molecule has 8 fully saturated rings. The Morgan fingerprint density at radius 3 is 1.10 bits per heavy atom. The summed E-state index contributed by atoms with van der Waals surface area (Å²) in [5.74, 6) is 1.58.